The Labute approximate surface area is 183 Å². The van der Waals surface area contributed by atoms with Crippen molar-refractivity contribution in [2.24, 2.45) is 0 Å². The topological polar surface area (TPSA) is 81.4 Å². The van der Waals surface area contributed by atoms with E-state index in [1.807, 2.05) is 41.4 Å². The van der Waals surface area contributed by atoms with Gasteiger partial charge in [-0.1, -0.05) is 18.2 Å². The maximum Gasteiger partial charge on any atom is 0.223 e. The molecule has 1 unspecified atom stereocenters. The summed E-state index contributed by atoms with van der Waals surface area (Å²) in [5.74, 6) is 0.885. The number of hydrogen-bond acceptors (Lipinski definition) is 6. The first-order chi connectivity index (χ1) is 15.7. The minimum absolute atomic E-state index is 0.0658. The van der Waals surface area contributed by atoms with Crippen molar-refractivity contribution < 1.29 is 13.9 Å². The first-order valence-electron chi connectivity index (χ1n) is 10.5. The van der Waals surface area contributed by atoms with Crippen molar-refractivity contribution in [3.8, 4) is 5.75 Å². The first-order valence-corrected chi connectivity index (χ1v) is 10.5. The molecule has 5 aromatic rings. The fourth-order valence-corrected chi connectivity index (χ4v) is 4.78. The normalized spacial score (nSPS) is 16.5. The predicted octanol–water partition coefficient (Wildman–Crippen LogP) is 4.45. The number of methoxy groups -OCH3 is 1. The predicted molar refractivity (Wildman–Crippen MR) is 120 cm³/mol. The first kappa shape index (κ1) is 18.7. The van der Waals surface area contributed by atoms with Crippen molar-refractivity contribution in [3.63, 3.8) is 0 Å². The Bertz CT molecular complexity index is 1490. The molecule has 0 radical (unpaired) electrons. The molecule has 0 bridgehead atoms. The molecule has 0 spiro atoms. The number of amides is 1. The van der Waals surface area contributed by atoms with Crippen molar-refractivity contribution >= 4 is 38.7 Å². The van der Waals surface area contributed by atoms with Crippen LogP contribution in [0, 0.1) is 0 Å². The SMILES string of the molecule is COc1ccc(C2CC(=O)N(Cc3cccc4ncncc34)C2)c2c1oc1cnccc12. The molecule has 32 heavy (non-hydrogen) atoms. The molecule has 2 aromatic carbocycles. The number of pyridine rings is 1. The van der Waals surface area contributed by atoms with Crippen LogP contribution in [-0.2, 0) is 11.3 Å². The second kappa shape index (κ2) is 7.30. The molecular formula is C25H20N4O3. The van der Waals surface area contributed by atoms with Gasteiger partial charge in [0, 0.05) is 54.0 Å². The number of aromatic nitrogens is 3. The molecule has 0 aliphatic carbocycles. The van der Waals surface area contributed by atoms with Crippen molar-refractivity contribution in [2.75, 3.05) is 13.7 Å². The highest BCUT2D eigenvalue weighted by Gasteiger charge is 2.33. The lowest BCUT2D eigenvalue weighted by atomic mass is 9.93. The minimum Gasteiger partial charge on any atom is -0.493 e. The lowest BCUT2D eigenvalue weighted by molar-refractivity contribution is -0.128. The van der Waals surface area contributed by atoms with E-state index in [9.17, 15) is 4.79 Å². The Balaban J connectivity index is 1.38. The molecule has 1 fully saturated rings. The number of hydrogen-bond donors (Lipinski definition) is 0. The van der Waals surface area contributed by atoms with Gasteiger partial charge in [-0.15, -0.1) is 0 Å². The van der Waals surface area contributed by atoms with Gasteiger partial charge in [0.05, 0.1) is 18.8 Å². The third-order valence-electron chi connectivity index (χ3n) is 6.30. The molecule has 1 amide bonds. The van der Waals surface area contributed by atoms with Crippen molar-refractivity contribution in [1.82, 2.24) is 19.9 Å². The van der Waals surface area contributed by atoms with Crippen LogP contribution in [0.15, 0.2) is 65.7 Å². The number of nitrogens with zero attached hydrogens (tertiary/aromatic N) is 4. The number of fused-ring (bicyclic) bond motifs is 4. The average molecular weight is 424 g/mol. The second-order valence-electron chi connectivity index (χ2n) is 8.08. The van der Waals surface area contributed by atoms with E-state index in [-0.39, 0.29) is 11.8 Å². The Kier molecular flexibility index (Phi) is 4.28. The second-order valence-corrected chi connectivity index (χ2v) is 8.08. The molecule has 0 N–H and O–H groups in total. The van der Waals surface area contributed by atoms with Crippen LogP contribution in [-0.4, -0.2) is 39.4 Å². The fraction of sp³-hybridized carbons (Fsp3) is 0.200. The lowest BCUT2D eigenvalue weighted by Crippen LogP contribution is -2.24. The molecule has 7 heteroatoms. The van der Waals surface area contributed by atoms with Gasteiger partial charge in [-0.05, 0) is 29.3 Å². The van der Waals surface area contributed by atoms with Gasteiger partial charge in [-0.3, -0.25) is 9.78 Å². The van der Waals surface area contributed by atoms with Gasteiger partial charge in [-0.25, -0.2) is 9.97 Å². The molecule has 0 saturated carbocycles. The van der Waals surface area contributed by atoms with Crippen LogP contribution in [0.3, 0.4) is 0 Å². The summed E-state index contributed by atoms with van der Waals surface area (Å²) in [6, 6.07) is 11.9. The highest BCUT2D eigenvalue weighted by Crippen LogP contribution is 2.42. The molecule has 7 nitrogen and oxygen atoms in total. The largest absolute Gasteiger partial charge is 0.493 e. The number of ether oxygens (including phenoxy) is 1. The molecule has 6 rings (SSSR count). The maximum atomic E-state index is 13.0. The molecular weight excluding hydrogens is 404 g/mol. The van der Waals surface area contributed by atoms with Crippen molar-refractivity contribution in [1.29, 1.82) is 0 Å². The van der Waals surface area contributed by atoms with Gasteiger partial charge < -0.3 is 14.1 Å². The number of likely N-dealkylation sites (tertiary alicyclic amines) is 1. The zero-order chi connectivity index (χ0) is 21.7. The van der Waals surface area contributed by atoms with E-state index in [1.165, 1.54) is 0 Å². The molecule has 1 aliphatic rings. The highest BCUT2D eigenvalue weighted by atomic mass is 16.5. The van der Waals surface area contributed by atoms with E-state index in [2.05, 4.69) is 21.0 Å². The van der Waals surface area contributed by atoms with E-state index >= 15 is 0 Å². The van der Waals surface area contributed by atoms with Gasteiger partial charge >= 0.3 is 0 Å². The Morgan fingerprint density at radius 2 is 2.06 bits per heavy atom. The summed E-state index contributed by atoms with van der Waals surface area (Å²) in [6.07, 6.45) is 7.29. The monoisotopic (exact) mass is 424 g/mol. The van der Waals surface area contributed by atoms with Gasteiger partial charge in [-0.2, -0.15) is 0 Å². The molecule has 4 heterocycles. The van der Waals surface area contributed by atoms with Crippen LogP contribution in [0.5, 0.6) is 5.75 Å². The van der Waals surface area contributed by atoms with Crippen LogP contribution in [0.1, 0.15) is 23.5 Å². The van der Waals surface area contributed by atoms with Gasteiger partial charge in [0.2, 0.25) is 5.91 Å². The third-order valence-corrected chi connectivity index (χ3v) is 6.30. The van der Waals surface area contributed by atoms with E-state index in [1.54, 1.807) is 25.8 Å². The van der Waals surface area contributed by atoms with E-state index in [0.29, 0.717) is 36.4 Å². The number of carbonyl (C=O) groups excluding carboxylic acids is 1. The number of benzene rings is 2. The Morgan fingerprint density at radius 3 is 2.97 bits per heavy atom. The van der Waals surface area contributed by atoms with Crippen LogP contribution in [0.4, 0.5) is 0 Å². The van der Waals surface area contributed by atoms with Crippen molar-refractivity contribution in [3.05, 3.63) is 72.4 Å². The third kappa shape index (κ3) is 2.89. The fourth-order valence-electron chi connectivity index (χ4n) is 4.78. The van der Waals surface area contributed by atoms with Crippen LogP contribution < -0.4 is 4.74 Å². The smallest absolute Gasteiger partial charge is 0.223 e. The highest BCUT2D eigenvalue weighted by molar-refractivity contribution is 6.08. The summed E-state index contributed by atoms with van der Waals surface area (Å²) in [6.45, 7) is 1.18. The summed E-state index contributed by atoms with van der Waals surface area (Å²) in [7, 11) is 1.63. The molecule has 158 valence electrons. The molecule has 1 aliphatic heterocycles. The van der Waals surface area contributed by atoms with Crippen molar-refractivity contribution in [2.45, 2.75) is 18.9 Å². The Morgan fingerprint density at radius 1 is 1.12 bits per heavy atom. The minimum atomic E-state index is 0.0658. The Hall–Kier alpha value is -4.00. The van der Waals surface area contributed by atoms with Gasteiger partial charge in [0.1, 0.15) is 6.33 Å². The number of furan rings is 1. The molecule has 1 atom stereocenters. The summed E-state index contributed by atoms with van der Waals surface area (Å²) < 4.78 is 11.6. The zero-order valence-electron chi connectivity index (χ0n) is 17.5. The standard InChI is InChI=1S/C25H20N4O3/c1-31-21-6-5-17(24-18-7-8-26-11-22(18)32-25(21)24)16-9-23(30)29(13-16)12-15-3-2-4-20-19(15)10-27-14-28-20/h2-8,10-11,14,16H,9,12-13H2,1H3. The average Bonchev–Trinajstić information content (AvgIpc) is 3.39. The number of carbonyl (C=O) groups is 1. The summed E-state index contributed by atoms with van der Waals surface area (Å²) in [4.78, 5) is 27.6. The van der Waals surface area contributed by atoms with Gasteiger partial charge in [0.15, 0.2) is 16.9 Å². The van der Waals surface area contributed by atoms with E-state index < -0.39 is 0 Å². The summed E-state index contributed by atoms with van der Waals surface area (Å²) in [5, 5.41) is 2.97. The van der Waals surface area contributed by atoms with E-state index in [4.69, 9.17) is 9.15 Å². The van der Waals surface area contributed by atoms with Crippen LogP contribution in [0.25, 0.3) is 32.8 Å². The lowest BCUT2D eigenvalue weighted by Gasteiger charge is -2.18. The molecule has 3 aromatic heterocycles. The number of rotatable bonds is 4. The maximum absolute atomic E-state index is 13.0. The van der Waals surface area contributed by atoms with E-state index in [0.717, 1.165) is 32.8 Å². The van der Waals surface area contributed by atoms with Crippen LogP contribution in [0.2, 0.25) is 0 Å². The van der Waals surface area contributed by atoms with Gasteiger partial charge in [0.25, 0.3) is 0 Å². The van der Waals surface area contributed by atoms with Crippen LogP contribution >= 0.6 is 0 Å². The zero-order valence-corrected chi connectivity index (χ0v) is 17.5. The quantitative estimate of drug-likeness (QED) is 0.424. The molecule has 1 saturated heterocycles. The summed E-state index contributed by atoms with van der Waals surface area (Å²) in [5.41, 5.74) is 4.45. The summed E-state index contributed by atoms with van der Waals surface area (Å²) >= 11 is 0.